The van der Waals surface area contributed by atoms with E-state index in [2.05, 4.69) is 10.3 Å². The van der Waals surface area contributed by atoms with Crippen LogP contribution in [0.1, 0.15) is 29.9 Å². The molecule has 3 aromatic rings. The van der Waals surface area contributed by atoms with Gasteiger partial charge in [-0.2, -0.15) is 13.2 Å². The molecule has 1 aliphatic rings. The number of benzene rings is 2. The number of carbonyl (C=O) groups is 1. The van der Waals surface area contributed by atoms with Crippen molar-refractivity contribution in [3.05, 3.63) is 72.3 Å². The van der Waals surface area contributed by atoms with E-state index in [-0.39, 0.29) is 29.8 Å². The van der Waals surface area contributed by atoms with E-state index in [0.717, 1.165) is 6.07 Å². The van der Waals surface area contributed by atoms with Crippen molar-refractivity contribution in [2.24, 2.45) is 0 Å². The van der Waals surface area contributed by atoms with Crippen LogP contribution in [-0.4, -0.2) is 40.5 Å². The normalized spacial score (nSPS) is 18.0. The van der Waals surface area contributed by atoms with E-state index in [4.69, 9.17) is 9.47 Å². The topological polar surface area (TPSA) is 65.4 Å². The van der Waals surface area contributed by atoms with Crippen molar-refractivity contribution in [2.45, 2.75) is 31.9 Å². The lowest BCUT2D eigenvalue weighted by molar-refractivity contribution is -0.138. The Hall–Kier alpha value is -3.17. The van der Waals surface area contributed by atoms with Crippen LogP contribution >= 0.6 is 0 Å². The summed E-state index contributed by atoms with van der Waals surface area (Å²) in [6.07, 6.45) is -1.90. The summed E-state index contributed by atoms with van der Waals surface area (Å²) in [7, 11) is 0. The Kier molecular flexibility index (Phi) is 5.79. The number of halogens is 3. The first-order valence-corrected chi connectivity index (χ1v) is 10.0. The van der Waals surface area contributed by atoms with Crippen molar-refractivity contribution in [1.82, 2.24) is 14.9 Å². The SMILES string of the molecule is CC1(C)OC[C@H](CNC(=O)c2cncn2-c2cccc(-c3ccccc3C(F)(F)F)c2)O1. The van der Waals surface area contributed by atoms with Gasteiger partial charge in [0.25, 0.3) is 5.91 Å². The third-order valence-electron chi connectivity index (χ3n) is 5.10. The number of aromatic nitrogens is 2. The lowest BCUT2D eigenvalue weighted by atomic mass is 9.99. The van der Waals surface area contributed by atoms with Crippen LogP contribution in [0.5, 0.6) is 0 Å². The van der Waals surface area contributed by atoms with Crippen LogP contribution in [0.3, 0.4) is 0 Å². The van der Waals surface area contributed by atoms with Gasteiger partial charge in [-0.15, -0.1) is 0 Å². The Morgan fingerprint density at radius 3 is 2.72 bits per heavy atom. The average molecular weight is 445 g/mol. The van der Waals surface area contributed by atoms with Gasteiger partial charge in [-0.25, -0.2) is 4.98 Å². The van der Waals surface area contributed by atoms with Gasteiger partial charge >= 0.3 is 6.18 Å². The summed E-state index contributed by atoms with van der Waals surface area (Å²) >= 11 is 0. The molecule has 0 radical (unpaired) electrons. The summed E-state index contributed by atoms with van der Waals surface area (Å²) in [5.41, 5.74) is 0.499. The molecule has 1 amide bonds. The summed E-state index contributed by atoms with van der Waals surface area (Å²) in [5.74, 6) is -1.07. The molecule has 0 saturated carbocycles. The van der Waals surface area contributed by atoms with E-state index in [1.807, 2.05) is 0 Å². The predicted octanol–water partition coefficient (Wildman–Crippen LogP) is 4.44. The zero-order valence-electron chi connectivity index (χ0n) is 17.5. The molecule has 4 rings (SSSR count). The number of nitrogens with one attached hydrogen (secondary N) is 1. The van der Waals surface area contributed by atoms with E-state index >= 15 is 0 Å². The Bertz CT molecular complexity index is 1120. The summed E-state index contributed by atoms with van der Waals surface area (Å²) in [4.78, 5) is 16.8. The predicted molar refractivity (Wildman–Crippen MR) is 111 cm³/mol. The van der Waals surface area contributed by atoms with Gasteiger partial charge < -0.3 is 14.8 Å². The molecular weight excluding hydrogens is 423 g/mol. The number of nitrogens with zero attached hydrogens (tertiary/aromatic N) is 2. The maximum Gasteiger partial charge on any atom is 0.417 e. The van der Waals surface area contributed by atoms with Gasteiger partial charge in [0.2, 0.25) is 0 Å². The van der Waals surface area contributed by atoms with Crippen LogP contribution in [0, 0.1) is 0 Å². The maximum atomic E-state index is 13.5. The molecule has 168 valence electrons. The first-order chi connectivity index (χ1) is 15.1. The lowest BCUT2D eigenvalue weighted by Gasteiger charge is -2.17. The minimum atomic E-state index is -4.48. The molecule has 1 aromatic heterocycles. The van der Waals surface area contributed by atoms with Gasteiger partial charge in [-0.1, -0.05) is 30.3 Å². The molecule has 32 heavy (non-hydrogen) atoms. The molecule has 1 atom stereocenters. The monoisotopic (exact) mass is 445 g/mol. The van der Waals surface area contributed by atoms with Crippen molar-refractivity contribution in [1.29, 1.82) is 0 Å². The van der Waals surface area contributed by atoms with Crippen molar-refractivity contribution < 1.29 is 27.4 Å². The van der Waals surface area contributed by atoms with Crippen molar-refractivity contribution in [3.63, 3.8) is 0 Å². The molecule has 0 unspecified atom stereocenters. The molecule has 2 aromatic carbocycles. The Morgan fingerprint density at radius 2 is 2.00 bits per heavy atom. The largest absolute Gasteiger partial charge is 0.417 e. The number of alkyl halides is 3. The second-order valence-electron chi connectivity index (χ2n) is 7.90. The Morgan fingerprint density at radius 1 is 1.22 bits per heavy atom. The van der Waals surface area contributed by atoms with Gasteiger partial charge in [0.05, 0.1) is 24.7 Å². The van der Waals surface area contributed by atoms with E-state index in [1.165, 1.54) is 29.2 Å². The van der Waals surface area contributed by atoms with Crippen LogP contribution in [-0.2, 0) is 15.7 Å². The Labute approximate surface area is 183 Å². The molecule has 0 spiro atoms. The van der Waals surface area contributed by atoms with Crippen LogP contribution in [0.15, 0.2) is 61.1 Å². The summed E-state index contributed by atoms with van der Waals surface area (Å²) < 4.78 is 53.1. The highest BCUT2D eigenvalue weighted by Gasteiger charge is 2.34. The highest BCUT2D eigenvalue weighted by atomic mass is 19.4. The fourth-order valence-electron chi connectivity index (χ4n) is 3.63. The van der Waals surface area contributed by atoms with Gasteiger partial charge in [0.15, 0.2) is 5.79 Å². The minimum Gasteiger partial charge on any atom is -0.348 e. The molecule has 1 saturated heterocycles. The molecule has 0 bridgehead atoms. The highest BCUT2D eigenvalue weighted by molar-refractivity contribution is 5.93. The third kappa shape index (κ3) is 4.68. The van der Waals surface area contributed by atoms with Crippen LogP contribution in [0.2, 0.25) is 0 Å². The second kappa shape index (κ2) is 8.40. The van der Waals surface area contributed by atoms with Crippen LogP contribution in [0.25, 0.3) is 16.8 Å². The fourth-order valence-corrected chi connectivity index (χ4v) is 3.63. The first-order valence-electron chi connectivity index (χ1n) is 10.0. The molecule has 9 heteroatoms. The minimum absolute atomic E-state index is 0.0639. The van der Waals surface area contributed by atoms with Crippen molar-refractivity contribution >= 4 is 5.91 Å². The third-order valence-corrected chi connectivity index (χ3v) is 5.10. The molecule has 2 heterocycles. The number of hydrogen-bond donors (Lipinski definition) is 1. The second-order valence-corrected chi connectivity index (χ2v) is 7.90. The molecule has 0 aliphatic carbocycles. The lowest BCUT2D eigenvalue weighted by Crippen LogP contribution is -2.35. The zero-order valence-corrected chi connectivity index (χ0v) is 17.5. The molecule has 1 fully saturated rings. The fraction of sp³-hybridized carbons (Fsp3) is 0.304. The average Bonchev–Trinajstić information content (AvgIpc) is 3.38. The van der Waals surface area contributed by atoms with Crippen molar-refractivity contribution in [3.8, 4) is 16.8 Å². The van der Waals surface area contributed by atoms with Crippen LogP contribution < -0.4 is 5.32 Å². The van der Waals surface area contributed by atoms with Gasteiger partial charge in [-0.05, 0) is 43.2 Å². The number of rotatable bonds is 5. The van der Waals surface area contributed by atoms with Gasteiger partial charge in [0, 0.05) is 12.2 Å². The Balaban J connectivity index is 1.57. The molecular formula is C23H22F3N3O3. The smallest absolute Gasteiger partial charge is 0.348 e. The number of amides is 1. The highest BCUT2D eigenvalue weighted by Crippen LogP contribution is 2.37. The van der Waals surface area contributed by atoms with E-state index in [9.17, 15) is 18.0 Å². The number of imidazole rings is 1. The van der Waals surface area contributed by atoms with Gasteiger partial charge in [-0.3, -0.25) is 9.36 Å². The molecule has 1 N–H and O–H groups in total. The summed E-state index contributed by atoms with van der Waals surface area (Å²) in [5, 5.41) is 2.80. The standard InChI is InChI=1S/C23H22F3N3O3/c1-22(2)31-13-17(32-22)11-28-21(30)20-12-27-14-29(20)16-7-5-6-15(10-16)18-8-3-4-9-19(18)23(24,25)26/h3-10,12,14,17H,11,13H2,1-2H3,(H,28,30)/t17-/m0/s1. The number of hydrogen-bond acceptors (Lipinski definition) is 4. The number of carbonyl (C=O) groups excluding carboxylic acids is 1. The first kappa shape index (κ1) is 22.0. The van der Waals surface area contributed by atoms with Gasteiger partial charge in [0.1, 0.15) is 11.8 Å². The van der Waals surface area contributed by atoms with E-state index in [0.29, 0.717) is 17.9 Å². The zero-order chi connectivity index (χ0) is 22.9. The van der Waals surface area contributed by atoms with Crippen LogP contribution in [0.4, 0.5) is 13.2 Å². The molecule has 6 nitrogen and oxygen atoms in total. The number of ether oxygens (including phenoxy) is 2. The maximum absolute atomic E-state index is 13.5. The van der Waals surface area contributed by atoms with Crippen molar-refractivity contribution in [2.75, 3.05) is 13.2 Å². The summed E-state index contributed by atoms with van der Waals surface area (Å²) in [6, 6.07) is 11.9. The molecule has 1 aliphatic heterocycles. The van der Waals surface area contributed by atoms with E-state index in [1.54, 1.807) is 44.2 Å². The quantitative estimate of drug-likeness (QED) is 0.631. The van der Waals surface area contributed by atoms with E-state index < -0.39 is 17.5 Å². The summed E-state index contributed by atoms with van der Waals surface area (Å²) in [6.45, 7) is 4.22.